The number of carbonyl (C=O) groups is 1. The average Bonchev–Trinajstić information content (AvgIpc) is 3.43. The van der Waals surface area contributed by atoms with Crippen LogP contribution < -0.4 is 4.74 Å². The van der Waals surface area contributed by atoms with Crippen LogP contribution in [0.5, 0.6) is 5.75 Å². The van der Waals surface area contributed by atoms with Crippen molar-refractivity contribution in [3.63, 3.8) is 0 Å². The second-order valence-electron chi connectivity index (χ2n) is 5.86. The maximum absolute atomic E-state index is 13.0. The van der Waals surface area contributed by atoms with Gasteiger partial charge in [0.15, 0.2) is 12.3 Å². The van der Waals surface area contributed by atoms with Crippen molar-refractivity contribution in [2.45, 2.75) is 6.61 Å². The van der Waals surface area contributed by atoms with Gasteiger partial charge >= 0.3 is 5.97 Å². The minimum Gasteiger partial charge on any atom is -0.484 e. The highest BCUT2D eigenvalue weighted by Crippen LogP contribution is 2.24. The normalized spacial score (nSPS) is 10.7. The van der Waals surface area contributed by atoms with Gasteiger partial charge in [-0.2, -0.15) is 4.98 Å². The van der Waals surface area contributed by atoms with E-state index in [-0.39, 0.29) is 24.0 Å². The Bertz CT molecular complexity index is 1120. The van der Waals surface area contributed by atoms with Crippen LogP contribution in [-0.4, -0.2) is 28.2 Å². The molecule has 0 atom stereocenters. The number of ether oxygens (including phenoxy) is 2. The molecule has 2 aromatic heterocycles. The van der Waals surface area contributed by atoms with Gasteiger partial charge in [-0.1, -0.05) is 5.16 Å². The van der Waals surface area contributed by atoms with E-state index in [0.717, 1.165) is 5.56 Å². The predicted octanol–water partition coefficient (Wildman–Crippen LogP) is 3.90. The van der Waals surface area contributed by atoms with Crippen LogP contribution in [0.15, 0.2) is 63.7 Å². The molecule has 0 fully saturated rings. The minimum atomic E-state index is -0.579. The highest BCUT2D eigenvalue weighted by molar-refractivity contribution is 5.86. The summed E-state index contributed by atoms with van der Waals surface area (Å²) in [6, 6.07) is 12.8. The summed E-state index contributed by atoms with van der Waals surface area (Å²) in [7, 11) is 1.26. The lowest BCUT2D eigenvalue weighted by molar-refractivity contribution is 0.0594. The van der Waals surface area contributed by atoms with E-state index in [1.807, 2.05) is 0 Å². The summed E-state index contributed by atoms with van der Waals surface area (Å²) in [5, 5.41) is 3.95. The largest absolute Gasteiger partial charge is 0.484 e. The fourth-order valence-corrected chi connectivity index (χ4v) is 2.47. The molecule has 146 valence electrons. The van der Waals surface area contributed by atoms with E-state index in [4.69, 9.17) is 13.7 Å². The molecule has 9 heteroatoms. The summed E-state index contributed by atoms with van der Waals surface area (Å²) in [5.41, 5.74) is 1.43. The molecule has 2 heterocycles. The van der Waals surface area contributed by atoms with Gasteiger partial charge in [0.2, 0.25) is 11.7 Å². The first-order valence-electron chi connectivity index (χ1n) is 8.48. The van der Waals surface area contributed by atoms with Gasteiger partial charge in [-0.15, -0.1) is 0 Å². The molecule has 0 spiro atoms. The van der Waals surface area contributed by atoms with E-state index in [2.05, 4.69) is 19.9 Å². The molecule has 0 saturated heterocycles. The molecule has 0 aliphatic heterocycles. The Labute approximate surface area is 163 Å². The quantitative estimate of drug-likeness (QED) is 0.453. The molecule has 0 N–H and O–H groups in total. The fraction of sp³-hybridized carbons (Fsp3) is 0.100. The number of benzene rings is 2. The molecule has 0 bridgehead atoms. The lowest BCUT2D eigenvalue weighted by atomic mass is 10.2. The molecular formula is C20H14FN3O5. The molecule has 2 aromatic carbocycles. The molecule has 0 aliphatic carbocycles. The summed E-state index contributed by atoms with van der Waals surface area (Å²) in [4.78, 5) is 19.7. The van der Waals surface area contributed by atoms with Crippen molar-refractivity contribution in [2.75, 3.05) is 7.11 Å². The van der Waals surface area contributed by atoms with Gasteiger partial charge in [0.25, 0.3) is 5.89 Å². The Morgan fingerprint density at radius 1 is 1.03 bits per heavy atom. The average molecular weight is 395 g/mol. The number of carbonyl (C=O) groups excluding carboxylic acids is 1. The van der Waals surface area contributed by atoms with Crippen LogP contribution in [0.25, 0.3) is 22.8 Å². The number of rotatable bonds is 6. The first-order valence-corrected chi connectivity index (χ1v) is 8.48. The van der Waals surface area contributed by atoms with Crippen LogP contribution >= 0.6 is 0 Å². The number of hydrogen-bond acceptors (Lipinski definition) is 8. The standard InChI is InChI=1S/C20H14FN3O5/c1-26-20(25)16-10-28-17(22-16)11-27-15-8-4-12(5-9-15)18-23-19(29-24-18)13-2-6-14(21)7-3-13/h2-10H,11H2,1H3. The molecule has 0 amide bonds. The predicted molar refractivity (Wildman–Crippen MR) is 97.3 cm³/mol. The van der Waals surface area contributed by atoms with Gasteiger partial charge in [-0.25, -0.2) is 14.2 Å². The second-order valence-corrected chi connectivity index (χ2v) is 5.86. The summed E-state index contributed by atoms with van der Waals surface area (Å²) < 4.78 is 33.6. The Morgan fingerprint density at radius 2 is 1.76 bits per heavy atom. The summed E-state index contributed by atoms with van der Waals surface area (Å²) in [6.07, 6.45) is 1.21. The molecule has 0 unspecified atom stereocenters. The topological polar surface area (TPSA) is 100 Å². The van der Waals surface area contributed by atoms with Crippen molar-refractivity contribution in [1.29, 1.82) is 0 Å². The molecule has 0 saturated carbocycles. The molecule has 0 radical (unpaired) electrons. The molecule has 29 heavy (non-hydrogen) atoms. The molecule has 4 aromatic rings. The van der Waals surface area contributed by atoms with E-state index >= 15 is 0 Å². The van der Waals surface area contributed by atoms with E-state index in [1.165, 1.54) is 25.5 Å². The Morgan fingerprint density at radius 3 is 2.48 bits per heavy atom. The molecule has 8 nitrogen and oxygen atoms in total. The van der Waals surface area contributed by atoms with Crippen molar-refractivity contribution in [1.82, 2.24) is 15.1 Å². The van der Waals surface area contributed by atoms with Crippen molar-refractivity contribution in [3.8, 4) is 28.6 Å². The highest BCUT2D eigenvalue weighted by Gasteiger charge is 2.13. The van der Waals surface area contributed by atoms with Crippen molar-refractivity contribution in [2.24, 2.45) is 0 Å². The zero-order chi connectivity index (χ0) is 20.2. The van der Waals surface area contributed by atoms with Gasteiger partial charge in [0, 0.05) is 11.1 Å². The maximum atomic E-state index is 13.0. The zero-order valence-corrected chi connectivity index (χ0v) is 15.2. The smallest absolute Gasteiger partial charge is 0.360 e. The van der Waals surface area contributed by atoms with Gasteiger partial charge in [0.1, 0.15) is 17.8 Å². The number of aromatic nitrogens is 3. The van der Waals surface area contributed by atoms with E-state index in [9.17, 15) is 9.18 Å². The number of hydrogen-bond donors (Lipinski definition) is 0. The molecule has 4 rings (SSSR count). The van der Waals surface area contributed by atoms with Gasteiger partial charge in [-0.3, -0.25) is 0 Å². The summed E-state index contributed by atoms with van der Waals surface area (Å²) >= 11 is 0. The third-order valence-electron chi connectivity index (χ3n) is 3.94. The minimum absolute atomic E-state index is 0.0489. The number of halogens is 1. The third kappa shape index (κ3) is 4.13. The van der Waals surface area contributed by atoms with Crippen molar-refractivity contribution in [3.05, 3.63) is 72.2 Å². The Hall–Kier alpha value is -4.01. The number of oxazole rings is 1. The SMILES string of the molecule is COC(=O)c1coc(COc2ccc(-c3noc(-c4ccc(F)cc4)n3)cc2)n1. The third-order valence-corrected chi connectivity index (χ3v) is 3.94. The van der Waals surface area contributed by atoms with Gasteiger partial charge in [0.05, 0.1) is 7.11 Å². The van der Waals surface area contributed by atoms with E-state index in [1.54, 1.807) is 36.4 Å². The maximum Gasteiger partial charge on any atom is 0.360 e. The second kappa shape index (κ2) is 7.93. The van der Waals surface area contributed by atoms with Crippen LogP contribution in [0.4, 0.5) is 4.39 Å². The van der Waals surface area contributed by atoms with Crippen LogP contribution in [0.3, 0.4) is 0 Å². The van der Waals surface area contributed by atoms with Crippen LogP contribution in [0.1, 0.15) is 16.4 Å². The lowest BCUT2D eigenvalue weighted by Crippen LogP contribution is -2.02. The number of nitrogens with zero attached hydrogens (tertiary/aromatic N) is 3. The Kier molecular flexibility index (Phi) is 5.02. The van der Waals surface area contributed by atoms with Crippen LogP contribution in [0, 0.1) is 5.82 Å². The number of esters is 1. The Balaban J connectivity index is 1.41. The summed E-state index contributed by atoms with van der Waals surface area (Å²) in [5.74, 6) is 0.585. The first-order chi connectivity index (χ1) is 14.1. The van der Waals surface area contributed by atoms with Crippen molar-refractivity contribution >= 4 is 5.97 Å². The molecule has 0 aliphatic rings. The summed E-state index contributed by atoms with van der Waals surface area (Å²) in [6.45, 7) is 0.0489. The lowest BCUT2D eigenvalue weighted by Gasteiger charge is -2.03. The monoisotopic (exact) mass is 395 g/mol. The van der Waals surface area contributed by atoms with Crippen LogP contribution in [-0.2, 0) is 11.3 Å². The molecular weight excluding hydrogens is 381 g/mol. The van der Waals surface area contributed by atoms with Gasteiger partial charge in [-0.05, 0) is 48.5 Å². The fourth-order valence-electron chi connectivity index (χ4n) is 2.47. The highest BCUT2D eigenvalue weighted by atomic mass is 19.1. The first kappa shape index (κ1) is 18.4. The van der Waals surface area contributed by atoms with Gasteiger partial charge < -0.3 is 18.4 Å². The zero-order valence-electron chi connectivity index (χ0n) is 15.2. The van der Waals surface area contributed by atoms with E-state index < -0.39 is 5.97 Å². The van der Waals surface area contributed by atoms with E-state index in [0.29, 0.717) is 23.0 Å². The van der Waals surface area contributed by atoms with Crippen LogP contribution in [0.2, 0.25) is 0 Å². The number of methoxy groups -OCH3 is 1. The van der Waals surface area contributed by atoms with Crippen molar-refractivity contribution < 1.29 is 27.6 Å².